The molecule has 4 nitrogen and oxygen atoms in total. The summed E-state index contributed by atoms with van der Waals surface area (Å²) in [5, 5.41) is 1.94. The number of carbonyl (C=O) groups excluding carboxylic acids is 1. The molecule has 0 unspecified atom stereocenters. The molecule has 0 aliphatic carbocycles. The van der Waals surface area contributed by atoms with Crippen LogP contribution in [0.4, 0.5) is 5.69 Å². The summed E-state index contributed by atoms with van der Waals surface area (Å²) in [5.41, 5.74) is 3.84. The molecule has 0 saturated carbocycles. The number of nitrogen functional groups attached to an aromatic ring is 1. The first-order chi connectivity index (χ1) is 8.15. The number of rotatable bonds is 2. The fourth-order valence-electron chi connectivity index (χ4n) is 1.95. The van der Waals surface area contributed by atoms with Crippen LogP contribution in [0, 0.1) is 0 Å². The number of fused-ring (bicyclic) bond motifs is 1. The fourth-order valence-corrected chi connectivity index (χ4v) is 1.95. The molecule has 0 aliphatic rings. The Kier molecular flexibility index (Phi) is 2.97. The van der Waals surface area contributed by atoms with E-state index in [-0.39, 0.29) is 5.91 Å². The average molecular weight is 229 g/mol. The van der Waals surface area contributed by atoms with Gasteiger partial charge in [-0.05, 0) is 17.5 Å². The Morgan fingerprint density at radius 3 is 2.35 bits per heavy atom. The second-order valence-electron chi connectivity index (χ2n) is 4.05. The van der Waals surface area contributed by atoms with Crippen molar-refractivity contribution in [2.75, 3.05) is 19.0 Å². The number of hydrogen-bond acceptors (Lipinski definition) is 3. The number of nitrogens with zero attached hydrogens (tertiary/aromatic N) is 1. The monoisotopic (exact) mass is 229 g/mol. The third-order valence-electron chi connectivity index (χ3n) is 2.76. The van der Waals surface area contributed by atoms with Gasteiger partial charge in [-0.25, -0.2) is 5.84 Å². The summed E-state index contributed by atoms with van der Waals surface area (Å²) in [6.45, 7) is 0. The number of hydrazine groups is 1. The van der Waals surface area contributed by atoms with Crippen LogP contribution in [0.2, 0.25) is 0 Å². The highest BCUT2D eigenvalue weighted by Gasteiger charge is 2.11. The predicted molar refractivity (Wildman–Crippen MR) is 69.9 cm³/mol. The van der Waals surface area contributed by atoms with Gasteiger partial charge in [-0.3, -0.25) is 10.2 Å². The molecule has 88 valence electrons. The average Bonchev–Trinajstić information content (AvgIpc) is 2.36. The lowest BCUT2D eigenvalue weighted by Gasteiger charge is -2.17. The first kappa shape index (κ1) is 11.4. The van der Waals surface area contributed by atoms with Gasteiger partial charge in [-0.1, -0.05) is 24.3 Å². The van der Waals surface area contributed by atoms with E-state index in [1.165, 1.54) is 0 Å². The minimum Gasteiger partial charge on any atom is -0.377 e. The molecule has 0 radical (unpaired) electrons. The van der Waals surface area contributed by atoms with Gasteiger partial charge in [0, 0.05) is 30.7 Å². The number of nitrogens with two attached hydrogens (primary N) is 1. The lowest BCUT2D eigenvalue weighted by Crippen LogP contribution is -2.30. The van der Waals surface area contributed by atoms with Gasteiger partial charge < -0.3 is 4.90 Å². The molecule has 0 spiro atoms. The van der Waals surface area contributed by atoms with E-state index in [9.17, 15) is 4.79 Å². The Morgan fingerprint density at radius 2 is 1.76 bits per heavy atom. The van der Waals surface area contributed by atoms with Gasteiger partial charge in [0.15, 0.2) is 0 Å². The Bertz CT molecular complexity index is 564. The number of hydrogen-bond donors (Lipinski definition) is 2. The second kappa shape index (κ2) is 4.43. The molecule has 1 amide bonds. The van der Waals surface area contributed by atoms with Gasteiger partial charge in [-0.15, -0.1) is 0 Å². The Balaban J connectivity index is 2.75. The Hall–Kier alpha value is -2.07. The van der Waals surface area contributed by atoms with Gasteiger partial charge in [0.1, 0.15) is 0 Å². The van der Waals surface area contributed by atoms with Crippen molar-refractivity contribution in [3.63, 3.8) is 0 Å². The molecular formula is C13H15N3O. The molecule has 0 aliphatic heterocycles. The summed E-state index contributed by atoms with van der Waals surface area (Å²) >= 11 is 0. The molecule has 0 bridgehead atoms. The van der Waals surface area contributed by atoms with Crippen molar-refractivity contribution in [3.05, 3.63) is 42.0 Å². The third kappa shape index (κ3) is 1.94. The second-order valence-corrected chi connectivity index (χ2v) is 4.05. The lowest BCUT2D eigenvalue weighted by molar-refractivity contribution is 0.0955. The van der Waals surface area contributed by atoms with E-state index < -0.39 is 0 Å². The fraction of sp³-hybridized carbons (Fsp3) is 0.154. The normalized spacial score (nSPS) is 10.3. The van der Waals surface area contributed by atoms with Crippen LogP contribution in [0.3, 0.4) is 0 Å². The first-order valence-electron chi connectivity index (χ1n) is 5.35. The maximum absolute atomic E-state index is 11.7. The van der Waals surface area contributed by atoms with E-state index >= 15 is 0 Å². The largest absolute Gasteiger partial charge is 0.377 e. The molecule has 2 aromatic carbocycles. The van der Waals surface area contributed by atoms with Crippen molar-refractivity contribution in [2.45, 2.75) is 0 Å². The van der Waals surface area contributed by atoms with Gasteiger partial charge in [0.2, 0.25) is 0 Å². The van der Waals surface area contributed by atoms with Crippen molar-refractivity contribution in [1.82, 2.24) is 5.43 Å². The SMILES string of the molecule is CN(C)c1ccc(C(=O)NN)c2ccccc12. The van der Waals surface area contributed by atoms with Crippen LogP contribution < -0.4 is 16.2 Å². The first-order valence-corrected chi connectivity index (χ1v) is 5.35. The standard InChI is InChI=1S/C13H15N3O/c1-16(2)12-8-7-11(13(17)15-14)9-5-3-4-6-10(9)12/h3-8H,14H2,1-2H3,(H,15,17). The van der Waals surface area contributed by atoms with E-state index in [1.807, 2.05) is 49.3 Å². The third-order valence-corrected chi connectivity index (χ3v) is 2.76. The summed E-state index contributed by atoms with van der Waals surface area (Å²) in [6, 6.07) is 11.5. The van der Waals surface area contributed by atoms with E-state index in [0.29, 0.717) is 5.56 Å². The van der Waals surface area contributed by atoms with Crippen LogP contribution >= 0.6 is 0 Å². The molecule has 0 aromatic heterocycles. The lowest BCUT2D eigenvalue weighted by atomic mass is 10.0. The zero-order valence-electron chi connectivity index (χ0n) is 9.90. The highest BCUT2D eigenvalue weighted by Crippen LogP contribution is 2.28. The van der Waals surface area contributed by atoms with Crippen molar-refractivity contribution in [3.8, 4) is 0 Å². The van der Waals surface area contributed by atoms with Gasteiger partial charge in [-0.2, -0.15) is 0 Å². The topological polar surface area (TPSA) is 58.4 Å². The quantitative estimate of drug-likeness (QED) is 0.466. The molecule has 17 heavy (non-hydrogen) atoms. The van der Waals surface area contributed by atoms with Crippen molar-refractivity contribution < 1.29 is 4.79 Å². The van der Waals surface area contributed by atoms with Gasteiger partial charge >= 0.3 is 0 Å². The summed E-state index contributed by atoms with van der Waals surface area (Å²) < 4.78 is 0. The minimum atomic E-state index is -0.272. The Morgan fingerprint density at radius 1 is 1.12 bits per heavy atom. The van der Waals surface area contributed by atoms with Gasteiger partial charge in [0.25, 0.3) is 5.91 Å². The minimum absolute atomic E-state index is 0.272. The van der Waals surface area contributed by atoms with Crippen LogP contribution in [0.25, 0.3) is 10.8 Å². The molecule has 2 aromatic rings. The zero-order chi connectivity index (χ0) is 12.4. The highest BCUT2D eigenvalue weighted by atomic mass is 16.2. The van der Waals surface area contributed by atoms with E-state index in [0.717, 1.165) is 16.5 Å². The molecule has 3 N–H and O–H groups in total. The van der Waals surface area contributed by atoms with Crippen LogP contribution in [0.1, 0.15) is 10.4 Å². The molecule has 0 fully saturated rings. The van der Waals surface area contributed by atoms with Crippen LogP contribution in [0.5, 0.6) is 0 Å². The molecule has 0 heterocycles. The molecule has 0 saturated heterocycles. The number of nitrogens with one attached hydrogen (secondary N) is 1. The Labute approximate surface area is 100.0 Å². The van der Waals surface area contributed by atoms with Crippen LogP contribution in [-0.4, -0.2) is 20.0 Å². The smallest absolute Gasteiger partial charge is 0.265 e. The van der Waals surface area contributed by atoms with E-state index in [2.05, 4.69) is 5.43 Å². The highest BCUT2D eigenvalue weighted by molar-refractivity contribution is 6.10. The van der Waals surface area contributed by atoms with E-state index in [4.69, 9.17) is 5.84 Å². The van der Waals surface area contributed by atoms with Gasteiger partial charge in [0.05, 0.1) is 0 Å². The maximum atomic E-state index is 11.7. The molecular weight excluding hydrogens is 214 g/mol. The molecule has 0 atom stereocenters. The van der Waals surface area contributed by atoms with Crippen molar-refractivity contribution in [1.29, 1.82) is 0 Å². The summed E-state index contributed by atoms with van der Waals surface area (Å²) in [4.78, 5) is 13.7. The maximum Gasteiger partial charge on any atom is 0.265 e. The van der Waals surface area contributed by atoms with Crippen LogP contribution in [0.15, 0.2) is 36.4 Å². The molecule has 2 rings (SSSR count). The summed E-state index contributed by atoms with van der Waals surface area (Å²) in [5.74, 6) is 4.91. The van der Waals surface area contributed by atoms with Crippen LogP contribution in [-0.2, 0) is 0 Å². The number of carbonyl (C=O) groups is 1. The number of benzene rings is 2. The van der Waals surface area contributed by atoms with Crippen molar-refractivity contribution in [2.24, 2.45) is 5.84 Å². The molecule has 4 heteroatoms. The predicted octanol–water partition coefficient (Wildman–Crippen LogP) is 1.51. The summed E-state index contributed by atoms with van der Waals surface area (Å²) in [7, 11) is 3.95. The van der Waals surface area contributed by atoms with Crippen molar-refractivity contribution >= 4 is 22.4 Å². The van der Waals surface area contributed by atoms with E-state index in [1.54, 1.807) is 6.07 Å². The zero-order valence-corrected chi connectivity index (χ0v) is 9.90. The number of amides is 1. The number of anilines is 1. The summed E-state index contributed by atoms with van der Waals surface area (Å²) in [6.07, 6.45) is 0.